The van der Waals surface area contributed by atoms with Gasteiger partial charge in [-0.15, -0.1) is 0 Å². The molecule has 4 aromatic rings. The topological polar surface area (TPSA) is 82.2 Å². The predicted octanol–water partition coefficient (Wildman–Crippen LogP) is 4.95. The monoisotopic (exact) mass is 452 g/mol. The smallest absolute Gasteiger partial charge is 0.278 e. The van der Waals surface area contributed by atoms with Gasteiger partial charge in [-0.25, -0.2) is 8.78 Å². The van der Waals surface area contributed by atoms with Crippen LogP contribution in [0.4, 0.5) is 14.5 Å². The molecule has 0 aliphatic rings. The van der Waals surface area contributed by atoms with Crippen LogP contribution in [0.15, 0.2) is 53.1 Å². The van der Waals surface area contributed by atoms with Gasteiger partial charge in [-0.3, -0.25) is 9.48 Å². The lowest BCUT2D eigenvalue weighted by molar-refractivity contribution is 0.101. The number of rotatable bonds is 7. The second-order valence-corrected chi connectivity index (χ2v) is 7.60. The van der Waals surface area contributed by atoms with E-state index < -0.39 is 11.7 Å². The highest BCUT2D eigenvalue weighted by atomic mass is 19.1. The lowest BCUT2D eigenvalue weighted by atomic mass is 10.2. The van der Waals surface area contributed by atoms with E-state index in [2.05, 4.69) is 15.6 Å². The highest BCUT2D eigenvalue weighted by Gasteiger charge is 2.23. The number of aryl methyl sites for hydroxylation is 2. The molecule has 1 N–H and O–H groups in total. The summed E-state index contributed by atoms with van der Waals surface area (Å²) in [5.41, 5.74) is 3.13. The SMILES string of the molecule is Cc1nn(Cc2cccc(F)c2)c(C)c1NC(=O)c1noc(C)c1COc1cccc(F)c1. The second-order valence-electron chi connectivity index (χ2n) is 7.60. The quantitative estimate of drug-likeness (QED) is 0.429. The first-order valence-corrected chi connectivity index (χ1v) is 10.2. The van der Waals surface area contributed by atoms with Gasteiger partial charge >= 0.3 is 0 Å². The zero-order chi connectivity index (χ0) is 23.5. The Morgan fingerprint density at radius 1 is 1.09 bits per heavy atom. The van der Waals surface area contributed by atoms with E-state index >= 15 is 0 Å². The van der Waals surface area contributed by atoms with E-state index in [9.17, 15) is 13.6 Å². The Hall–Kier alpha value is -4.01. The van der Waals surface area contributed by atoms with Crippen molar-refractivity contribution in [2.75, 3.05) is 5.32 Å². The first kappa shape index (κ1) is 22.2. The first-order chi connectivity index (χ1) is 15.8. The van der Waals surface area contributed by atoms with Crippen molar-refractivity contribution in [2.45, 2.75) is 33.9 Å². The molecule has 0 aliphatic carbocycles. The van der Waals surface area contributed by atoms with Gasteiger partial charge in [0.05, 0.1) is 29.2 Å². The minimum Gasteiger partial charge on any atom is -0.489 e. The van der Waals surface area contributed by atoms with Crippen molar-refractivity contribution in [1.29, 1.82) is 0 Å². The molecule has 0 radical (unpaired) electrons. The number of aromatic nitrogens is 3. The molecule has 0 spiro atoms. The van der Waals surface area contributed by atoms with Gasteiger partial charge in [-0.2, -0.15) is 5.10 Å². The number of ether oxygens (including phenoxy) is 1. The first-order valence-electron chi connectivity index (χ1n) is 10.2. The average Bonchev–Trinajstić information content (AvgIpc) is 3.26. The molecular formula is C24H22F2N4O3. The largest absolute Gasteiger partial charge is 0.489 e. The average molecular weight is 452 g/mol. The Bertz CT molecular complexity index is 1310. The number of hydrogen-bond donors (Lipinski definition) is 1. The summed E-state index contributed by atoms with van der Waals surface area (Å²) in [5.74, 6) is -0.481. The van der Waals surface area contributed by atoms with Gasteiger partial charge in [0.1, 0.15) is 29.8 Å². The van der Waals surface area contributed by atoms with Crippen molar-refractivity contribution in [3.8, 4) is 5.75 Å². The van der Waals surface area contributed by atoms with E-state index in [-0.39, 0.29) is 18.1 Å². The molecule has 9 heteroatoms. The number of carbonyl (C=O) groups is 1. The van der Waals surface area contributed by atoms with Crippen molar-refractivity contribution >= 4 is 11.6 Å². The zero-order valence-corrected chi connectivity index (χ0v) is 18.4. The van der Waals surface area contributed by atoms with Crippen LogP contribution >= 0.6 is 0 Å². The van der Waals surface area contributed by atoms with Crippen molar-refractivity contribution in [1.82, 2.24) is 14.9 Å². The Morgan fingerprint density at radius 2 is 1.82 bits per heavy atom. The van der Waals surface area contributed by atoms with Crippen LogP contribution in [0.3, 0.4) is 0 Å². The minimum atomic E-state index is -0.485. The fraction of sp³-hybridized carbons (Fsp3) is 0.208. The molecule has 0 aliphatic heterocycles. The van der Waals surface area contributed by atoms with Gasteiger partial charge in [0.2, 0.25) is 0 Å². The highest BCUT2D eigenvalue weighted by Crippen LogP contribution is 2.24. The molecule has 2 aromatic heterocycles. The summed E-state index contributed by atoms with van der Waals surface area (Å²) < 4.78 is 39.4. The maximum atomic E-state index is 13.5. The molecule has 2 aromatic carbocycles. The summed E-state index contributed by atoms with van der Waals surface area (Å²) >= 11 is 0. The number of halogens is 2. The van der Waals surface area contributed by atoms with Gasteiger partial charge in [0, 0.05) is 6.07 Å². The zero-order valence-electron chi connectivity index (χ0n) is 18.4. The van der Waals surface area contributed by atoms with E-state index in [1.165, 1.54) is 30.3 Å². The summed E-state index contributed by atoms with van der Waals surface area (Å²) in [6.07, 6.45) is 0. The number of anilines is 1. The number of benzene rings is 2. The molecule has 1 amide bonds. The van der Waals surface area contributed by atoms with Gasteiger partial charge < -0.3 is 14.6 Å². The van der Waals surface area contributed by atoms with Crippen molar-refractivity contribution in [3.05, 3.63) is 94.1 Å². The third kappa shape index (κ3) is 4.92. The van der Waals surface area contributed by atoms with Crippen LogP contribution in [-0.4, -0.2) is 20.8 Å². The fourth-order valence-corrected chi connectivity index (χ4v) is 3.46. The van der Waals surface area contributed by atoms with Crippen LogP contribution in [-0.2, 0) is 13.2 Å². The maximum Gasteiger partial charge on any atom is 0.278 e. The molecule has 0 fully saturated rings. The molecule has 4 rings (SSSR count). The van der Waals surface area contributed by atoms with Crippen LogP contribution in [0.2, 0.25) is 0 Å². The normalized spacial score (nSPS) is 10.9. The highest BCUT2D eigenvalue weighted by molar-refractivity contribution is 6.04. The van der Waals surface area contributed by atoms with E-state index in [0.717, 1.165) is 5.56 Å². The Kier molecular flexibility index (Phi) is 6.21. The van der Waals surface area contributed by atoms with Gasteiger partial charge in [-0.1, -0.05) is 23.4 Å². The molecule has 2 heterocycles. The summed E-state index contributed by atoms with van der Waals surface area (Å²) in [6.45, 7) is 5.60. The standard InChI is InChI=1S/C24H22F2N4O3/c1-14-22(15(2)30(28-14)12-17-6-4-7-18(25)10-17)27-24(31)23-21(16(3)33-29-23)13-32-20-9-5-8-19(26)11-20/h4-11H,12-13H2,1-3H3,(H,27,31). The van der Waals surface area contributed by atoms with Gasteiger partial charge in [0.15, 0.2) is 5.69 Å². The summed E-state index contributed by atoms with van der Waals surface area (Å²) in [4.78, 5) is 13.0. The van der Waals surface area contributed by atoms with E-state index in [1.807, 2.05) is 6.92 Å². The molecular weight excluding hydrogens is 430 g/mol. The second kappa shape index (κ2) is 9.23. The van der Waals surface area contributed by atoms with Crippen LogP contribution in [0, 0.1) is 32.4 Å². The fourth-order valence-electron chi connectivity index (χ4n) is 3.46. The molecule has 0 atom stereocenters. The van der Waals surface area contributed by atoms with Crippen LogP contribution in [0.1, 0.15) is 38.8 Å². The van der Waals surface area contributed by atoms with Gasteiger partial charge in [-0.05, 0) is 50.6 Å². The number of carbonyl (C=O) groups excluding carboxylic acids is 1. The Labute approximate surface area is 189 Å². The summed E-state index contributed by atoms with van der Waals surface area (Å²) in [5, 5.41) is 11.2. The molecule has 0 unspecified atom stereocenters. The summed E-state index contributed by atoms with van der Waals surface area (Å²) in [6, 6.07) is 12.0. The number of amides is 1. The van der Waals surface area contributed by atoms with Crippen LogP contribution in [0.5, 0.6) is 5.75 Å². The number of nitrogens with zero attached hydrogens (tertiary/aromatic N) is 3. The van der Waals surface area contributed by atoms with E-state index in [1.54, 1.807) is 36.7 Å². The third-order valence-electron chi connectivity index (χ3n) is 5.22. The third-order valence-corrected chi connectivity index (χ3v) is 5.22. The van der Waals surface area contributed by atoms with Crippen molar-refractivity contribution in [2.24, 2.45) is 0 Å². The lowest BCUT2D eigenvalue weighted by Gasteiger charge is -2.08. The van der Waals surface area contributed by atoms with Crippen LogP contribution in [0.25, 0.3) is 0 Å². The van der Waals surface area contributed by atoms with Crippen LogP contribution < -0.4 is 10.1 Å². The van der Waals surface area contributed by atoms with E-state index in [4.69, 9.17) is 9.26 Å². The molecule has 7 nitrogen and oxygen atoms in total. The minimum absolute atomic E-state index is 0.0155. The summed E-state index contributed by atoms with van der Waals surface area (Å²) in [7, 11) is 0. The van der Waals surface area contributed by atoms with Gasteiger partial charge in [0.25, 0.3) is 5.91 Å². The molecule has 0 saturated heterocycles. The Balaban J connectivity index is 1.51. The van der Waals surface area contributed by atoms with Crippen molar-refractivity contribution < 1.29 is 22.8 Å². The predicted molar refractivity (Wildman–Crippen MR) is 117 cm³/mol. The Morgan fingerprint density at radius 3 is 2.55 bits per heavy atom. The lowest BCUT2D eigenvalue weighted by Crippen LogP contribution is -2.16. The number of nitrogens with one attached hydrogen (secondary N) is 1. The number of hydrogen-bond acceptors (Lipinski definition) is 5. The molecule has 170 valence electrons. The van der Waals surface area contributed by atoms with Crippen molar-refractivity contribution in [3.63, 3.8) is 0 Å². The maximum absolute atomic E-state index is 13.5. The molecule has 0 saturated carbocycles. The molecule has 33 heavy (non-hydrogen) atoms. The molecule has 0 bridgehead atoms. The van der Waals surface area contributed by atoms with E-state index in [0.29, 0.717) is 40.7 Å².